The van der Waals surface area contributed by atoms with E-state index in [-0.39, 0.29) is 0 Å². The van der Waals surface area contributed by atoms with E-state index in [4.69, 9.17) is 4.98 Å². The van der Waals surface area contributed by atoms with Crippen LogP contribution in [0.2, 0.25) is 0 Å². The number of hydrogen-bond acceptors (Lipinski definition) is 4. The van der Waals surface area contributed by atoms with Crippen molar-refractivity contribution in [3.05, 3.63) is 40.7 Å². The van der Waals surface area contributed by atoms with Gasteiger partial charge in [-0.05, 0) is 45.2 Å². The first-order chi connectivity index (χ1) is 10.1. The van der Waals surface area contributed by atoms with Crippen LogP contribution >= 0.6 is 0 Å². The summed E-state index contributed by atoms with van der Waals surface area (Å²) in [6.45, 7) is 7.20. The number of nitrogens with one attached hydrogen (secondary N) is 1. The Balaban J connectivity index is 2.13. The van der Waals surface area contributed by atoms with E-state index >= 15 is 0 Å². The van der Waals surface area contributed by atoms with Crippen LogP contribution in [0, 0.1) is 20.8 Å². The quantitative estimate of drug-likeness (QED) is 0.915. The molecule has 0 spiro atoms. The van der Waals surface area contributed by atoms with Crippen molar-refractivity contribution in [3.63, 3.8) is 0 Å². The maximum atomic E-state index is 4.70. The summed E-state index contributed by atoms with van der Waals surface area (Å²) >= 11 is 0. The number of aryl methyl sites for hydroxylation is 3. The van der Waals surface area contributed by atoms with Gasteiger partial charge in [0.2, 0.25) is 0 Å². The van der Waals surface area contributed by atoms with Crippen molar-refractivity contribution < 1.29 is 0 Å². The highest BCUT2D eigenvalue weighted by atomic mass is 15.2. The molecule has 4 heteroatoms. The third-order valence-corrected chi connectivity index (χ3v) is 4.08. The molecule has 21 heavy (non-hydrogen) atoms. The lowest BCUT2D eigenvalue weighted by molar-refractivity contribution is 0.753. The summed E-state index contributed by atoms with van der Waals surface area (Å²) in [7, 11) is 1.91. The van der Waals surface area contributed by atoms with Crippen molar-refractivity contribution in [2.75, 3.05) is 23.8 Å². The fraction of sp³-hybridized carbons (Fsp3) is 0.412. The number of aromatic nitrogens is 2. The molecule has 3 rings (SSSR count). The Bertz CT molecular complexity index is 679. The maximum Gasteiger partial charge on any atom is 0.141 e. The second-order valence-electron chi connectivity index (χ2n) is 5.71. The fourth-order valence-corrected chi connectivity index (χ4v) is 3.07. The number of fused-ring (bicyclic) bond motifs is 1. The van der Waals surface area contributed by atoms with E-state index < -0.39 is 0 Å². The highest BCUT2D eigenvalue weighted by Gasteiger charge is 2.22. The standard InChI is InChI=1S/C17H22N4/c1-11-7-8-15-14(10-11)6-5-9-21(15)17-12(2)16(18-4)19-13(3)20-17/h7-8,10H,5-6,9H2,1-4H3,(H,18,19,20). The average Bonchev–Trinajstić information content (AvgIpc) is 2.48. The van der Waals surface area contributed by atoms with Gasteiger partial charge >= 0.3 is 0 Å². The van der Waals surface area contributed by atoms with Crippen LogP contribution in [0.4, 0.5) is 17.3 Å². The Kier molecular flexibility index (Phi) is 3.53. The molecule has 0 unspecified atom stereocenters. The van der Waals surface area contributed by atoms with E-state index in [9.17, 15) is 0 Å². The van der Waals surface area contributed by atoms with E-state index in [0.717, 1.165) is 42.4 Å². The molecule has 1 aromatic heterocycles. The molecule has 0 saturated carbocycles. The van der Waals surface area contributed by atoms with Gasteiger partial charge in [0, 0.05) is 24.8 Å². The largest absolute Gasteiger partial charge is 0.373 e. The van der Waals surface area contributed by atoms with Gasteiger partial charge in [0.25, 0.3) is 0 Å². The molecule has 0 saturated heterocycles. The molecule has 1 aliphatic heterocycles. The van der Waals surface area contributed by atoms with Crippen LogP contribution in [0.15, 0.2) is 18.2 Å². The third kappa shape index (κ3) is 2.46. The molecule has 2 aromatic rings. The van der Waals surface area contributed by atoms with Gasteiger partial charge in [-0.2, -0.15) is 0 Å². The molecule has 0 fully saturated rings. The number of benzene rings is 1. The number of anilines is 3. The Hall–Kier alpha value is -2.10. The van der Waals surface area contributed by atoms with E-state index in [0.29, 0.717) is 0 Å². The molecule has 0 atom stereocenters. The second-order valence-corrected chi connectivity index (χ2v) is 5.71. The molecule has 0 amide bonds. The molecule has 110 valence electrons. The molecule has 1 aromatic carbocycles. The maximum absolute atomic E-state index is 4.70. The minimum atomic E-state index is 0.805. The smallest absolute Gasteiger partial charge is 0.141 e. The number of hydrogen-bond donors (Lipinski definition) is 1. The molecular weight excluding hydrogens is 260 g/mol. The lowest BCUT2D eigenvalue weighted by atomic mass is 9.99. The summed E-state index contributed by atoms with van der Waals surface area (Å²) in [5.74, 6) is 2.74. The van der Waals surface area contributed by atoms with Gasteiger partial charge in [-0.1, -0.05) is 17.7 Å². The van der Waals surface area contributed by atoms with Gasteiger partial charge in [-0.25, -0.2) is 9.97 Å². The summed E-state index contributed by atoms with van der Waals surface area (Å²) in [5, 5.41) is 3.17. The van der Waals surface area contributed by atoms with Crippen molar-refractivity contribution in [2.45, 2.75) is 33.6 Å². The zero-order chi connectivity index (χ0) is 15.0. The van der Waals surface area contributed by atoms with Crippen LogP contribution in [-0.4, -0.2) is 23.6 Å². The topological polar surface area (TPSA) is 41.1 Å². The fourth-order valence-electron chi connectivity index (χ4n) is 3.07. The minimum Gasteiger partial charge on any atom is -0.373 e. The number of nitrogens with zero attached hydrogens (tertiary/aromatic N) is 3. The molecule has 1 N–H and O–H groups in total. The predicted molar refractivity (Wildman–Crippen MR) is 87.6 cm³/mol. The first-order valence-electron chi connectivity index (χ1n) is 7.50. The molecule has 0 aliphatic carbocycles. The Morgan fingerprint density at radius 2 is 1.95 bits per heavy atom. The summed E-state index contributed by atoms with van der Waals surface area (Å²) in [6, 6.07) is 6.70. The van der Waals surface area contributed by atoms with E-state index in [1.54, 1.807) is 0 Å². The highest BCUT2D eigenvalue weighted by molar-refractivity contribution is 5.70. The van der Waals surface area contributed by atoms with E-state index in [1.165, 1.54) is 16.8 Å². The summed E-state index contributed by atoms with van der Waals surface area (Å²) < 4.78 is 0. The Labute approximate surface area is 126 Å². The van der Waals surface area contributed by atoms with Crippen molar-refractivity contribution in [1.29, 1.82) is 0 Å². The van der Waals surface area contributed by atoms with Crippen molar-refractivity contribution in [1.82, 2.24) is 9.97 Å². The van der Waals surface area contributed by atoms with Gasteiger partial charge in [-0.3, -0.25) is 0 Å². The second kappa shape index (κ2) is 5.35. The molecule has 0 bridgehead atoms. The molecule has 1 aliphatic rings. The first-order valence-corrected chi connectivity index (χ1v) is 7.50. The van der Waals surface area contributed by atoms with Gasteiger partial charge in [-0.15, -0.1) is 0 Å². The SMILES string of the molecule is CNc1nc(C)nc(N2CCCc3cc(C)ccc32)c1C. The van der Waals surface area contributed by atoms with Crippen molar-refractivity contribution >= 4 is 17.3 Å². The first kappa shape index (κ1) is 13.9. The van der Waals surface area contributed by atoms with Gasteiger partial charge in [0.05, 0.1) is 0 Å². The van der Waals surface area contributed by atoms with E-state index in [1.807, 2.05) is 14.0 Å². The molecule has 4 nitrogen and oxygen atoms in total. The third-order valence-electron chi connectivity index (χ3n) is 4.08. The Morgan fingerprint density at radius 3 is 2.71 bits per heavy atom. The normalized spacial score (nSPS) is 14.0. The van der Waals surface area contributed by atoms with Crippen LogP contribution in [0.5, 0.6) is 0 Å². The van der Waals surface area contributed by atoms with Crippen molar-refractivity contribution in [2.24, 2.45) is 0 Å². The molecule has 0 radical (unpaired) electrons. The van der Waals surface area contributed by atoms with Crippen molar-refractivity contribution in [3.8, 4) is 0 Å². The highest BCUT2D eigenvalue weighted by Crippen LogP contribution is 2.35. The summed E-state index contributed by atoms with van der Waals surface area (Å²) in [5.41, 5.74) is 5.14. The zero-order valence-corrected chi connectivity index (χ0v) is 13.2. The van der Waals surface area contributed by atoms with Gasteiger partial charge in [0.15, 0.2) is 0 Å². The predicted octanol–water partition coefficient (Wildman–Crippen LogP) is 3.53. The van der Waals surface area contributed by atoms with Crippen LogP contribution in [0.3, 0.4) is 0 Å². The summed E-state index contributed by atoms with van der Waals surface area (Å²) in [4.78, 5) is 11.5. The van der Waals surface area contributed by atoms with Crippen LogP contribution in [-0.2, 0) is 6.42 Å². The molecule has 2 heterocycles. The van der Waals surface area contributed by atoms with E-state index in [2.05, 4.69) is 47.2 Å². The van der Waals surface area contributed by atoms with Gasteiger partial charge in [0.1, 0.15) is 17.5 Å². The van der Waals surface area contributed by atoms with Crippen LogP contribution < -0.4 is 10.2 Å². The van der Waals surface area contributed by atoms with Crippen LogP contribution in [0.1, 0.15) is 28.9 Å². The van der Waals surface area contributed by atoms with Crippen LogP contribution in [0.25, 0.3) is 0 Å². The molecular formula is C17H22N4. The average molecular weight is 282 g/mol. The monoisotopic (exact) mass is 282 g/mol. The lowest BCUT2D eigenvalue weighted by Gasteiger charge is -2.32. The zero-order valence-electron chi connectivity index (χ0n) is 13.2. The minimum absolute atomic E-state index is 0.805. The number of rotatable bonds is 2. The Morgan fingerprint density at radius 1 is 1.14 bits per heavy atom. The summed E-state index contributed by atoms with van der Waals surface area (Å²) in [6.07, 6.45) is 2.31. The lowest BCUT2D eigenvalue weighted by Crippen LogP contribution is -2.27. The van der Waals surface area contributed by atoms with Gasteiger partial charge < -0.3 is 10.2 Å².